The van der Waals surface area contributed by atoms with Gasteiger partial charge in [-0.2, -0.15) is 0 Å². The molecule has 1 aromatic carbocycles. The Hall–Kier alpha value is -2.71. The average molecular weight is 487 g/mol. The first-order valence-electron chi connectivity index (χ1n) is 12.7. The maximum Gasteiger partial charge on any atom is 0.247 e. The summed E-state index contributed by atoms with van der Waals surface area (Å²) in [5.41, 5.74) is 5.58. The van der Waals surface area contributed by atoms with Crippen molar-refractivity contribution in [1.29, 1.82) is 0 Å². The molecule has 0 saturated carbocycles. The minimum atomic E-state index is -0.780. The predicted molar refractivity (Wildman–Crippen MR) is 137 cm³/mol. The van der Waals surface area contributed by atoms with Gasteiger partial charge in [-0.25, -0.2) is 5.48 Å². The Kier molecular flexibility index (Phi) is 11.9. The Morgan fingerprint density at radius 2 is 1.69 bits per heavy atom. The van der Waals surface area contributed by atoms with Crippen molar-refractivity contribution in [3.63, 3.8) is 0 Å². The maximum absolute atomic E-state index is 13.5. The van der Waals surface area contributed by atoms with Crippen LogP contribution in [0.4, 0.5) is 0 Å². The van der Waals surface area contributed by atoms with E-state index in [1.807, 2.05) is 70.2 Å². The van der Waals surface area contributed by atoms with E-state index in [0.29, 0.717) is 13.0 Å². The Morgan fingerprint density at radius 3 is 2.26 bits per heavy atom. The molecule has 8 nitrogen and oxygen atoms in total. The summed E-state index contributed by atoms with van der Waals surface area (Å²) in [5, 5.41) is 14.1. The Morgan fingerprint density at radius 1 is 1.03 bits per heavy atom. The number of carbonyl (C=O) groups excluding carboxylic acids is 3. The largest absolute Gasteiger partial charge is 0.317 e. The van der Waals surface area contributed by atoms with E-state index >= 15 is 0 Å². The van der Waals surface area contributed by atoms with Crippen molar-refractivity contribution in [2.45, 2.75) is 53.4 Å². The lowest BCUT2D eigenvalue weighted by Crippen LogP contribution is -2.54. The molecule has 0 unspecified atom stereocenters. The van der Waals surface area contributed by atoms with Gasteiger partial charge in [0.25, 0.3) is 0 Å². The van der Waals surface area contributed by atoms with E-state index in [-0.39, 0.29) is 36.0 Å². The zero-order chi connectivity index (χ0) is 25.8. The van der Waals surface area contributed by atoms with Gasteiger partial charge in [-0.15, -0.1) is 0 Å². The summed E-state index contributed by atoms with van der Waals surface area (Å²) in [6.07, 6.45) is 5.94. The normalized spacial score (nSPS) is 16.3. The Bertz CT molecular complexity index is 835. The van der Waals surface area contributed by atoms with Gasteiger partial charge in [0.2, 0.25) is 17.7 Å². The van der Waals surface area contributed by atoms with E-state index in [4.69, 9.17) is 0 Å². The number of nitrogens with zero attached hydrogens (tertiary/aromatic N) is 1. The molecular formula is C27H42N4O4. The van der Waals surface area contributed by atoms with Crippen molar-refractivity contribution < 1.29 is 19.6 Å². The fraction of sp³-hybridized carbons (Fsp3) is 0.593. The van der Waals surface area contributed by atoms with Crippen molar-refractivity contribution in [3.8, 4) is 0 Å². The van der Waals surface area contributed by atoms with Crippen molar-refractivity contribution in [3.05, 3.63) is 42.0 Å². The van der Waals surface area contributed by atoms with E-state index in [9.17, 15) is 19.6 Å². The number of nitrogens with one attached hydrogen (secondary N) is 3. The standard InChI is InChI=1S/C27H42N4O4/c1-19(2)17-24(23(26(33)30-35)12-8-11-21-9-6-5-7-10-21)25(32)29-31(18-20(3)4)27(34)22-13-15-28-16-14-22/h5-11,19-20,22-24,28,35H,12-18H2,1-4H3,(H,29,32)(H,30,33)/b11-8+/t23-,24+/m0/s1. The lowest BCUT2D eigenvalue weighted by Gasteiger charge is -2.33. The molecule has 2 rings (SSSR count). The summed E-state index contributed by atoms with van der Waals surface area (Å²) in [6, 6.07) is 9.68. The van der Waals surface area contributed by atoms with Crippen molar-refractivity contribution >= 4 is 23.8 Å². The van der Waals surface area contributed by atoms with Gasteiger partial charge in [-0.3, -0.25) is 30.0 Å². The second kappa shape index (κ2) is 14.6. The predicted octanol–water partition coefficient (Wildman–Crippen LogP) is 3.39. The average Bonchev–Trinajstić information content (AvgIpc) is 2.85. The van der Waals surface area contributed by atoms with E-state index in [1.165, 1.54) is 5.01 Å². The fourth-order valence-corrected chi connectivity index (χ4v) is 4.47. The zero-order valence-electron chi connectivity index (χ0n) is 21.5. The van der Waals surface area contributed by atoms with Crippen LogP contribution in [0.1, 0.15) is 58.9 Å². The lowest BCUT2D eigenvalue weighted by atomic mass is 9.82. The molecule has 35 heavy (non-hydrogen) atoms. The minimum Gasteiger partial charge on any atom is -0.317 e. The van der Waals surface area contributed by atoms with Crippen LogP contribution in [-0.4, -0.2) is 47.6 Å². The van der Waals surface area contributed by atoms with Crippen LogP contribution in [0.15, 0.2) is 36.4 Å². The third-order valence-electron chi connectivity index (χ3n) is 6.24. The molecule has 1 aromatic rings. The second-order valence-electron chi connectivity index (χ2n) is 10.2. The summed E-state index contributed by atoms with van der Waals surface area (Å²) in [6.45, 7) is 9.92. The number of hydrogen-bond donors (Lipinski definition) is 4. The molecule has 0 bridgehead atoms. The number of carbonyl (C=O) groups is 3. The van der Waals surface area contributed by atoms with Gasteiger partial charge < -0.3 is 5.32 Å². The SMILES string of the molecule is CC(C)C[C@@H](C(=O)NN(CC(C)C)C(=O)C1CCNCC1)[C@H](C/C=C/c1ccccc1)C(=O)NO. The minimum absolute atomic E-state index is 0.0796. The molecule has 1 saturated heterocycles. The zero-order valence-corrected chi connectivity index (χ0v) is 21.5. The molecule has 1 aliphatic rings. The number of amides is 3. The number of hydrogen-bond acceptors (Lipinski definition) is 5. The summed E-state index contributed by atoms with van der Waals surface area (Å²) in [7, 11) is 0. The summed E-state index contributed by atoms with van der Waals surface area (Å²) in [5.74, 6) is -2.39. The third kappa shape index (κ3) is 9.45. The van der Waals surface area contributed by atoms with Gasteiger partial charge >= 0.3 is 0 Å². The van der Waals surface area contributed by atoms with Crippen LogP contribution in [0.25, 0.3) is 6.08 Å². The number of rotatable bonds is 11. The highest BCUT2D eigenvalue weighted by molar-refractivity contribution is 5.89. The number of hydrazine groups is 1. The van der Waals surface area contributed by atoms with Crippen LogP contribution < -0.4 is 16.2 Å². The first-order valence-corrected chi connectivity index (χ1v) is 12.7. The van der Waals surface area contributed by atoms with E-state index in [0.717, 1.165) is 31.5 Å². The van der Waals surface area contributed by atoms with Crippen LogP contribution in [-0.2, 0) is 14.4 Å². The molecular weight excluding hydrogens is 444 g/mol. The molecule has 1 aliphatic heterocycles. The summed E-state index contributed by atoms with van der Waals surface area (Å²) in [4.78, 5) is 39.5. The monoisotopic (exact) mass is 486 g/mol. The van der Waals surface area contributed by atoms with E-state index < -0.39 is 17.7 Å². The highest BCUT2D eigenvalue weighted by Crippen LogP contribution is 2.26. The highest BCUT2D eigenvalue weighted by atomic mass is 16.5. The Labute approximate surface area is 209 Å². The van der Waals surface area contributed by atoms with Gasteiger partial charge in [0.1, 0.15) is 0 Å². The van der Waals surface area contributed by atoms with Crippen LogP contribution in [0.5, 0.6) is 0 Å². The van der Waals surface area contributed by atoms with Crippen molar-refractivity contribution in [1.82, 2.24) is 21.2 Å². The first-order chi connectivity index (χ1) is 16.7. The molecule has 0 aliphatic carbocycles. The van der Waals surface area contributed by atoms with Crippen molar-refractivity contribution in [2.75, 3.05) is 19.6 Å². The summed E-state index contributed by atoms with van der Waals surface area (Å²) >= 11 is 0. The van der Waals surface area contributed by atoms with Gasteiger partial charge in [-0.05, 0) is 56.2 Å². The van der Waals surface area contributed by atoms with E-state index in [2.05, 4.69) is 10.7 Å². The van der Waals surface area contributed by atoms with Crippen LogP contribution >= 0.6 is 0 Å². The number of piperidine rings is 1. The van der Waals surface area contributed by atoms with Crippen LogP contribution in [0, 0.1) is 29.6 Å². The fourth-order valence-electron chi connectivity index (χ4n) is 4.47. The molecule has 8 heteroatoms. The molecule has 0 spiro atoms. The van der Waals surface area contributed by atoms with Gasteiger partial charge in [-0.1, -0.05) is 70.2 Å². The lowest BCUT2D eigenvalue weighted by molar-refractivity contribution is -0.150. The number of allylic oxidation sites excluding steroid dienone is 1. The quantitative estimate of drug-likeness (QED) is 0.283. The molecule has 194 valence electrons. The van der Waals surface area contributed by atoms with Crippen LogP contribution in [0.2, 0.25) is 0 Å². The van der Waals surface area contributed by atoms with Gasteiger partial charge in [0, 0.05) is 12.5 Å². The van der Waals surface area contributed by atoms with Crippen LogP contribution in [0.3, 0.4) is 0 Å². The third-order valence-corrected chi connectivity index (χ3v) is 6.24. The molecule has 3 amide bonds. The number of hydroxylamine groups is 1. The highest BCUT2D eigenvalue weighted by Gasteiger charge is 2.36. The second-order valence-corrected chi connectivity index (χ2v) is 10.2. The maximum atomic E-state index is 13.5. The molecule has 0 aromatic heterocycles. The molecule has 1 fully saturated rings. The number of benzene rings is 1. The first kappa shape index (κ1) is 28.5. The summed E-state index contributed by atoms with van der Waals surface area (Å²) < 4.78 is 0. The van der Waals surface area contributed by atoms with Gasteiger partial charge in [0.05, 0.1) is 11.8 Å². The molecule has 2 atom stereocenters. The topological polar surface area (TPSA) is 111 Å². The van der Waals surface area contributed by atoms with Crippen molar-refractivity contribution in [2.24, 2.45) is 29.6 Å². The van der Waals surface area contributed by atoms with Gasteiger partial charge in [0.15, 0.2) is 0 Å². The van der Waals surface area contributed by atoms with E-state index in [1.54, 1.807) is 5.48 Å². The Balaban J connectivity index is 2.23. The molecule has 1 heterocycles. The molecule has 0 radical (unpaired) electrons. The molecule has 4 N–H and O–H groups in total. The smallest absolute Gasteiger partial charge is 0.247 e.